The fourth-order valence-corrected chi connectivity index (χ4v) is 2.09. The standard InChI is InChI=1S/C17H16FN3O2/c18-12-4-1-3-11(9-12)16(22)19-14-5-2-6-15(10-14)21-17(23)20-13-7-8-13/h1-6,9-10,13H,7-8H2,(H,19,22)(H2,20,21,23). The number of anilines is 2. The fraction of sp³-hybridized carbons (Fsp3) is 0.176. The number of carbonyl (C=O) groups is 2. The summed E-state index contributed by atoms with van der Waals surface area (Å²) in [4.78, 5) is 23.8. The summed E-state index contributed by atoms with van der Waals surface area (Å²) in [5.41, 5.74) is 1.32. The van der Waals surface area contributed by atoms with Crippen molar-refractivity contribution >= 4 is 23.3 Å². The first-order valence-corrected chi connectivity index (χ1v) is 7.35. The zero-order chi connectivity index (χ0) is 16.2. The smallest absolute Gasteiger partial charge is 0.319 e. The fourth-order valence-electron chi connectivity index (χ4n) is 2.09. The molecule has 3 amide bonds. The molecule has 0 spiro atoms. The quantitative estimate of drug-likeness (QED) is 0.810. The zero-order valence-electron chi connectivity index (χ0n) is 12.3. The molecule has 0 aliphatic heterocycles. The first kappa shape index (κ1) is 15.0. The number of rotatable bonds is 4. The molecule has 23 heavy (non-hydrogen) atoms. The Morgan fingerprint density at radius 3 is 2.35 bits per heavy atom. The minimum Gasteiger partial charge on any atom is -0.335 e. The van der Waals surface area contributed by atoms with Crippen LogP contribution in [0.15, 0.2) is 48.5 Å². The number of hydrogen-bond acceptors (Lipinski definition) is 2. The molecule has 3 rings (SSSR count). The lowest BCUT2D eigenvalue weighted by atomic mass is 10.2. The molecule has 1 aliphatic rings. The highest BCUT2D eigenvalue weighted by molar-refractivity contribution is 6.04. The van der Waals surface area contributed by atoms with Crippen molar-refractivity contribution in [3.05, 3.63) is 59.9 Å². The summed E-state index contributed by atoms with van der Waals surface area (Å²) in [5, 5.41) is 8.20. The monoisotopic (exact) mass is 313 g/mol. The molecule has 5 nitrogen and oxygen atoms in total. The normalized spacial score (nSPS) is 13.3. The van der Waals surface area contributed by atoms with Crippen molar-refractivity contribution in [2.45, 2.75) is 18.9 Å². The van der Waals surface area contributed by atoms with Gasteiger partial charge in [0, 0.05) is 23.0 Å². The molecule has 2 aromatic rings. The van der Waals surface area contributed by atoms with E-state index in [9.17, 15) is 14.0 Å². The van der Waals surface area contributed by atoms with Gasteiger partial charge in [0.25, 0.3) is 5.91 Å². The molecule has 6 heteroatoms. The lowest BCUT2D eigenvalue weighted by Crippen LogP contribution is -2.30. The molecular formula is C17H16FN3O2. The maximum Gasteiger partial charge on any atom is 0.319 e. The van der Waals surface area contributed by atoms with Gasteiger partial charge in [0.2, 0.25) is 0 Å². The van der Waals surface area contributed by atoms with E-state index >= 15 is 0 Å². The number of carbonyl (C=O) groups excluding carboxylic acids is 2. The van der Waals surface area contributed by atoms with Crippen molar-refractivity contribution in [2.24, 2.45) is 0 Å². The summed E-state index contributed by atoms with van der Waals surface area (Å²) in [6, 6.07) is 12.2. The Hall–Kier alpha value is -2.89. The molecule has 2 aromatic carbocycles. The number of urea groups is 1. The number of nitrogens with one attached hydrogen (secondary N) is 3. The van der Waals surface area contributed by atoms with Gasteiger partial charge in [-0.2, -0.15) is 0 Å². The molecule has 0 heterocycles. The van der Waals surface area contributed by atoms with Gasteiger partial charge in [-0.3, -0.25) is 4.79 Å². The Morgan fingerprint density at radius 1 is 0.957 bits per heavy atom. The third-order valence-corrected chi connectivity index (χ3v) is 3.38. The average Bonchev–Trinajstić information content (AvgIpc) is 3.31. The molecule has 0 radical (unpaired) electrons. The second-order valence-electron chi connectivity index (χ2n) is 5.42. The maximum absolute atomic E-state index is 13.1. The highest BCUT2D eigenvalue weighted by Crippen LogP contribution is 2.20. The van der Waals surface area contributed by atoms with E-state index in [4.69, 9.17) is 0 Å². The van der Waals surface area contributed by atoms with Crippen LogP contribution < -0.4 is 16.0 Å². The van der Waals surface area contributed by atoms with E-state index in [1.807, 2.05) is 0 Å². The number of halogens is 1. The predicted octanol–water partition coefficient (Wildman–Crippen LogP) is 3.36. The predicted molar refractivity (Wildman–Crippen MR) is 86.0 cm³/mol. The van der Waals surface area contributed by atoms with Crippen LogP contribution in [0.1, 0.15) is 23.2 Å². The summed E-state index contributed by atoms with van der Waals surface area (Å²) >= 11 is 0. The van der Waals surface area contributed by atoms with E-state index in [0.717, 1.165) is 12.8 Å². The Balaban J connectivity index is 1.64. The largest absolute Gasteiger partial charge is 0.335 e. The van der Waals surface area contributed by atoms with E-state index in [-0.39, 0.29) is 17.6 Å². The molecule has 0 bridgehead atoms. The van der Waals surface area contributed by atoms with Gasteiger partial charge in [-0.05, 0) is 49.2 Å². The first-order valence-electron chi connectivity index (χ1n) is 7.35. The average molecular weight is 313 g/mol. The molecule has 1 aliphatic carbocycles. The van der Waals surface area contributed by atoms with Crippen LogP contribution in [0.3, 0.4) is 0 Å². The van der Waals surface area contributed by atoms with Crippen LogP contribution in [0.4, 0.5) is 20.6 Å². The van der Waals surface area contributed by atoms with Gasteiger partial charge in [0.05, 0.1) is 0 Å². The number of hydrogen-bond donors (Lipinski definition) is 3. The third-order valence-electron chi connectivity index (χ3n) is 3.38. The van der Waals surface area contributed by atoms with Crippen molar-refractivity contribution in [1.29, 1.82) is 0 Å². The molecule has 3 N–H and O–H groups in total. The van der Waals surface area contributed by atoms with Crippen molar-refractivity contribution in [2.75, 3.05) is 10.6 Å². The Morgan fingerprint density at radius 2 is 1.65 bits per heavy atom. The zero-order valence-corrected chi connectivity index (χ0v) is 12.3. The van der Waals surface area contributed by atoms with Crippen molar-refractivity contribution in [3.8, 4) is 0 Å². The van der Waals surface area contributed by atoms with Crippen LogP contribution in [-0.4, -0.2) is 18.0 Å². The summed E-state index contributed by atoms with van der Waals surface area (Å²) in [6.07, 6.45) is 2.02. The van der Waals surface area contributed by atoms with E-state index in [0.29, 0.717) is 11.4 Å². The summed E-state index contributed by atoms with van der Waals surface area (Å²) in [5.74, 6) is -0.881. The molecule has 0 aromatic heterocycles. The van der Waals surface area contributed by atoms with E-state index < -0.39 is 11.7 Å². The SMILES string of the molecule is O=C(Nc1cccc(NC(=O)c2cccc(F)c2)c1)NC1CC1. The topological polar surface area (TPSA) is 70.2 Å². The van der Waals surface area contributed by atoms with Gasteiger partial charge in [0.1, 0.15) is 5.82 Å². The second-order valence-corrected chi connectivity index (χ2v) is 5.42. The Kier molecular flexibility index (Phi) is 4.23. The highest BCUT2D eigenvalue weighted by Gasteiger charge is 2.23. The van der Waals surface area contributed by atoms with Crippen molar-refractivity contribution < 1.29 is 14.0 Å². The van der Waals surface area contributed by atoms with Gasteiger partial charge >= 0.3 is 6.03 Å². The lowest BCUT2D eigenvalue weighted by Gasteiger charge is -2.09. The highest BCUT2D eigenvalue weighted by atomic mass is 19.1. The summed E-state index contributed by atoms with van der Waals surface area (Å²) in [7, 11) is 0. The number of amides is 3. The molecule has 1 fully saturated rings. The van der Waals surface area contributed by atoms with Crippen LogP contribution in [0.25, 0.3) is 0 Å². The minimum atomic E-state index is -0.468. The molecule has 0 atom stereocenters. The van der Waals surface area contributed by atoms with Gasteiger partial charge < -0.3 is 16.0 Å². The van der Waals surface area contributed by atoms with Gasteiger partial charge in [-0.25, -0.2) is 9.18 Å². The Labute approximate surface area is 132 Å². The molecule has 1 saturated carbocycles. The molecule has 118 valence electrons. The summed E-state index contributed by atoms with van der Waals surface area (Å²) < 4.78 is 13.1. The van der Waals surface area contributed by atoms with E-state index in [1.54, 1.807) is 24.3 Å². The van der Waals surface area contributed by atoms with Crippen LogP contribution in [0.5, 0.6) is 0 Å². The van der Waals surface area contributed by atoms with E-state index in [1.165, 1.54) is 24.3 Å². The molecular weight excluding hydrogens is 297 g/mol. The van der Waals surface area contributed by atoms with Crippen molar-refractivity contribution in [1.82, 2.24) is 5.32 Å². The van der Waals surface area contributed by atoms with Crippen LogP contribution in [-0.2, 0) is 0 Å². The molecule has 0 unspecified atom stereocenters. The van der Waals surface area contributed by atoms with Crippen LogP contribution in [0, 0.1) is 5.82 Å². The molecule has 0 saturated heterocycles. The Bertz CT molecular complexity index is 744. The van der Waals surface area contributed by atoms with Crippen LogP contribution in [0.2, 0.25) is 0 Å². The van der Waals surface area contributed by atoms with E-state index in [2.05, 4.69) is 16.0 Å². The lowest BCUT2D eigenvalue weighted by molar-refractivity contribution is 0.102. The van der Waals surface area contributed by atoms with Gasteiger partial charge in [-0.1, -0.05) is 12.1 Å². The first-order chi connectivity index (χ1) is 11.1. The van der Waals surface area contributed by atoms with Gasteiger partial charge in [-0.15, -0.1) is 0 Å². The maximum atomic E-state index is 13.1. The number of benzene rings is 2. The second kappa shape index (κ2) is 6.48. The minimum absolute atomic E-state index is 0.231. The third kappa shape index (κ3) is 4.29. The summed E-state index contributed by atoms with van der Waals surface area (Å²) in [6.45, 7) is 0. The van der Waals surface area contributed by atoms with Gasteiger partial charge in [0.15, 0.2) is 0 Å². The van der Waals surface area contributed by atoms with Crippen molar-refractivity contribution in [3.63, 3.8) is 0 Å². The van der Waals surface area contributed by atoms with Crippen LogP contribution >= 0.6 is 0 Å².